The van der Waals surface area contributed by atoms with Crippen LogP contribution in [0.3, 0.4) is 0 Å². The van der Waals surface area contributed by atoms with Crippen molar-refractivity contribution in [2.45, 2.75) is 34.8 Å². The standard InChI is InChI=1S/C30H25Br2O2.Lr/c1-19-18-21(6-9-27(19)34)30(20-4-7-22(33)8-5-20)25-12-16-28(2,31)14-10-23(25)24-11-15-29(3,32)17-13-26(24)30;/h4-7,9-18,33-34H,1-3H3;/q-1;. The number of alkyl halides is 2. The maximum atomic E-state index is 10.3. The number of rotatable bonds is 2. The van der Waals surface area contributed by atoms with Gasteiger partial charge in [0.05, 0.1) is 8.65 Å². The minimum atomic E-state index is -0.657. The zero-order chi connectivity index (χ0) is 24.3. The first kappa shape index (κ1) is 24.6. The molecule has 0 amide bonds. The largest absolute Gasteiger partial charge is 0.534 e. The Labute approximate surface area is 217 Å². The molecule has 0 saturated carbocycles. The van der Waals surface area contributed by atoms with Crippen LogP contribution in [0.2, 0.25) is 0 Å². The second-order valence-electron chi connectivity index (χ2n) is 9.50. The molecule has 0 spiro atoms. The van der Waals surface area contributed by atoms with Gasteiger partial charge in [-0.15, -0.1) is 17.7 Å². The first-order valence-electron chi connectivity index (χ1n) is 11.2. The average Bonchev–Trinajstić information content (AvgIpc) is 2.84. The second kappa shape index (κ2) is 8.28. The summed E-state index contributed by atoms with van der Waals surface area (Å²) in [4.78, 5) is 0. The van der Waals surface area contributed by atoms with Crippen molar-refractivity contribution in [3.63, 3.8) is 0 Å². The Kier molecular flexibility index (Phi) is 5.81. The van der Waals surface area contributed by atoms with Gasteiger partial charge >= 0.3 is 0 Å². The Balaban J connectivity index is 0.00000289. The molecular weight excluding hydrogens is 814 g/mol. The molecule has 2 unspecified atom stereocenters. The van der Waals surface area contributed by atoms with E-state index in [-0.39, 0.29) is 20.1 Å². The van der Waals surface area contributed by atoms with Crippen LogP contribution in [0.1, 0.15) is 30.5 Å². The number of phenolic OH excluding ortho intramolecular Hbond substituents is 2. The molecule has 2 aromatic carbocycles. The van der Waals surface area contributed by atoms with Gasteiger partial charge in [-0.1, -0.05) is 92.6 Å². The van der Waals surface area contributed by atoms with Crippen LogP contribution in [0.15, 0.2) is 107 Å². The first-order valence-corrected chi connectivity index (χ1v) is 12.8. The molecule has 0 saturated heterocycles. The van der Waals surface area contributed by atoms with Gasteiger partial charge in [-0.25, -0.2) is 0 Å². The zero-order valence-corrected chi connectivity index (χ0v) is 24.8. The molecule has 0 fully saturated rings. The molecule has 3 aliphatic carbocycles. The fourth-order valence-electron chi connectivity index (χ4n) is 5.05. The second-order valence-corrected chi connectivity index (χ2v) is 12.9. The molecule has 0 aliphatic heterocycles. The molecule has 35 heavy (non-hydrogen) atoms. The molecule has 5 rings (SSSR count). The number of phenols is 2. The van der Waals surface area contributed by atoms with Crippen molar-refractivity contribution >= 4 is 31.9 Å². The maximum Gasteiger partial charge on any atom is 0.118 e. The Bertz CT molecular complexity index is 1310. The fraction of sp³-hybridized carbons (Fsp3) is 0.200. The van der Waals surface area contributed by atoms with Crippen molar-refractivity contribution in [1.82, 2.24) is 0 Å². The summed E-state index contributed by atoms with van der Waals surface area (Å²) in [6.07, 6.45) is 17.5. The summed E-state index contributed by atoms with van der Waals surface area (Å²) >= 11 is 7.65. The number of hydrogen-bond donors (Lipinski definition) is 2. The van der Waals surface area contributed by atoms with Crippen molar-refractivity contribution < 1.29 is 10.2 Å². The molecule has 5 heteroatoms. The monoisotopic (exact) mass is 837 g/mol. The Morgan fingerprint density at radius 2 is 1.26 bits per heavy atom. The molecule has 2 N–H and O–H groups in total. The van der Waals surface area contributed by atoms with Gasteiger partial charge in [0, 0.05) is 11.2 Å². The predicted molar refractivity (Wildman–Crippen MR) is 146 cm³/mol. The SMILES string of the molecule is Cc1cc(C2(c3c[c-]c(O)cc3)C3=C(C=CC(C)(Br)C=C3)C3=C2C=CC(C)(Br)C=C3)ccc1O.[Lr]. The van der Waals surface area contributed by atoms with E-state index in [1.165, 1.54) is 0 Å². The number of aryl methyl sites for hydroxylation is 1. The summed E-state index contributed by atoms with van der Waals surface area (Å²) in [6.45, 7) is 6.17. The van der Waals surface area contributed by atoms with E-state index in [0.717, 1.165) is 39.0 Å². The van der Waals surface area contributed by atoms with Gasteiger partial charge in [0.2, 0.25) is 0 Å². The molecule has 0 heterocycles. The van der Waals surface area contributed by atoms with E-state index in [1.807, 2.05) is 25.1 Å². The van der Waals surface area contributed by atoms with Gasteiger partial charge in [0.25, 0.3) is 0 Å². The van der Waals surface area contributed by atoms with E-state index >= 15 is 0 Å². The van der Waals surface area contributed by atoms with Crippen LogP contribution in [0.4, 0.5) is 0 Å². The molecule has 187 valence electrons. The molecule has 3 aliphatic rings. The maximum absolute atomic E-state index is 10.3. The number of halogens is 2. The molecule has 1 radical (unpaired) electrons. The van der Waals surface area contributed by atoms with Crippen LogP contribution in [-0.4, -0.2) is 18.9 Å². The molecule has 2 nitrogen and oxygen atoms in total. The van der Waals surface area contributed by atoms with E-state index in [0.29, 0.717) is 0 Å². The van der Waals surface area contributed by atoms with Crippen molar-refractivity contribution in [2.24, 2.45) is 0 Å². The third-order valence-corrected chi connectivity index (χ3v) is 7.90. The van der Waals surface area contributed by atoms with Gasteiger partial charge in [-0.2, -0.15) is 12.1 Å². The van der Waals surface area contributed by atoms with Crippen LogP contribution in [0.25, 0.3) is 0 Å². The number of benzene rings is 2. The van der Waals surface area contributed by atoms with E-state index in [9.17, 15) is 10.2 Å². The molecular formula is C30H25Br2LrO2-. The summed E-state index contributed by atoms with van der Waals surface area (Å²) in [5.41, 5.74) is 6.80. The fourth-order valence-corrected chi connectivity index (χ4v) is 5.58. The van der Waals surface area contributed by atoms with E-state index in [1.54, 1.807) is 12.1 Å². The van der Waals surface area contributed by atoms with Gasteiger partial charge in [-0.05, 0) is 60.3 Å². The summed E-state index contributed by atoms with van der Waals surface area (Å²) in [7, 11) is 0. The predicted octanol–water partition coefficient (Wildman–Crippen LogP) is 7.66. The number of hydrogen-bond acceptors (Lipinski definition) is 2. The van der Waals surface area contributed by atoms with Crippen molar-refractivity contribution in [2.75, 3.05) is 0 Å². The Morgan fingerprint density at radius 3 is 1.74 bits per heavy atom. The van der Waals surface area contributed by atoms with Crippen molar-refractivity contribution in [3.05, 3.63) is 130 Å². The van der Waals surface area contributed by atoms with Crippen LogP contribution in [0.5, 0.6) is 11.5 Å². The van der Waals surface area contributed by atoms with Gasteiger partial charge in [-0.3, -0.25) is 0 Å². The van der Waals surface area contributed by atoms with Crippen molar-refractivity contribution in [1.29, 1.82) is 0 Å². The van der Waals surface area contributed by atoms with Gasteiger partial charge < -0.3 is 10.2 Å². The molecule has 2 atom stereocenters. The summed E-state index contributed by atoms with van der Waals surface area (Å²) in [6, 6.07) is 14.4. The van der Waals surface area contributed by atoms with Crippen molar-refractivity contribution in [3.8, 4) is 11.5 Å². The smallest absolute Gasteiger partial charge is 0.118 e. The topological polar surface area (TPSA) is 40.5 Å². The van der Waals surface area contributed by atoms with Crippen LogP contribution in [0, 0.1) is 13.0 Å². The van der Waals surface area contributed by atoms with Gasteiger partial charge in [0.15, 0.2) is 0 Å². The molecule has 0 bridgehead atoms. The van der Waals surface area contributed by atoms with Crippen LogP contribution >= 0.6 is 31.9 Å². The third-order valence-electron chi connectivity index (χ3n) is 6.84. The minimum absolute atomic E-state index is 0. The van der Waals surface area contributed by atoms with E-state index < -0.39 is 5.41 Å². The number of allylic oxidation sites excluding steroid dienone is 12. The number of fused-ring (bicyclic) bond motifs is 1. The van der Waals surface area contributed by atoms with Gasteiger partial charge in [0.1, 0.15) is 5.75 Å². The number of aromatic hydroxyl groups is 2. The molecule has 0 aromatic heterocycles. The zero-order valence-electron chi connectivity index (χ0n) is 19.5. The Hall–Kier alpha value is -3.56. The minimum Gasteiger partial charge on any atom is -0.534 e. The third kappa shape index (κ3) is 3.90. The molecule has 2 aromatic rings. The average molecular weight is 839 g/mol. The first-order chi connectivity index (χ1) is 16.0. The van der Waals surface area contributed by atoms with Crippen LogP contribution < -0.4 is 0 Å². The Morgan fingerprint density at radius 1 is 0.743 bits per heavy atom. The summed E-state index contributed by atoms with van der Waals surface area (Å²) in [5.74, 6) is 0.377. The van der Waals surface area contributed by atoms with E-state index in [2.05, 4.69) is 106 Å². The summed E-state index contributed by atoms with van der Waals surface area (Å²) in [5, 5.41) is 20.4. The normalized spacial score (nSPS) is 28.9. The van der Waals surface area contributed by atoms with E-state index in [4.69, 9.17) is 0 Å². The quantitative estimate of drug-likeness (QED) is 0.241. The summed E-state index contributed by atoms with van der Waals surface area (Å²) < 4.78 is -0.548. The van der Waals surface area contributed by atoms with Crippen LogP contribution in [-0.2, 0) is 5.41 Å².